The summed E-state index contributed by atoms with van der Waals surface area (Å²) in [5, 5.41) is 3.50. The molecule has 0 spiro atoms. The van der Waals surface area contributed by atoms with Crippen molar-refractivity contribution in [3.05, 3.63) is 28.5 Å². The molecule has 1 aromatic heterocycles. The average Bonchev–Trinajstić information content (AvgIpc) is 3.05. The Balaban J connectivity index is 1.78. The molecule has 0 amide bonds. The molecule has 0 radical (unpaired) electrons. The van der Waals surface area contributed by atoms with Gasteiger partial charge < -0.3 is 14.8 Å². The fourth-order valence-corrected chi connectivity index (χ4v) is 3.83. The highest BCUT2D eigenvalue weighted by atomic mass is 79.9. The second-order valence-corrected chi connectivity index (χ2v) is 8.31. The number of nitrogens with zero attached hydrogens (tertiary/aromatic N) is 1. The monoisotopic (exact) mass is 382 g/mol. The first kappa shape index (κ1) is 16.9. The van der Waals surface area contributed by atoms with Crippen molar-refractivity contribution in [3.63, 3.8) is 0 Å². The van der Waals surface area contributed by atoms with Crippen molar-refractivity contribution in [2.45, 2.75) is 50.9 Å². The second-order valence-electron chi connectivity index (χ2n) is 7.39. The van der Waals surface area contributed by atoms with Crippen molar-refractivity contribution in [1.82, 2.24) is 10.3 Å². The van der Waals surface area contributed by atoms with Crippen LogP contribution in [0.1, 0.15) is 39.3 Å². The first-order valence-electron chi connectivity index (χ1n) is 8.00. The largest absolute Gasteiger partial charge is 0.458 e. The SMILES string of the molecule is CC(C)(C)OC(=O)COC1(c2ccc(Br)cn2)CC2CNC1C2. The van der Waals surface area contributed by atoms with Crippen molar-refractivity contribution in [1.29, 1.82) is 0 Å². The zero-order valence-electron chi connectivity index (χ0n) is 13.8. The van der Waals surface area contributed by atoms with Gasteiger partial charge in [0, 0.05) is 16.7 Å². The standard InChI is InChI=1S/C17H23BrN2O3/c1-16(2,3)23-15(21)10-22-17(7-11-6-14(17)19-8-11)13-5-4-12(18)9-20-13/h4-5,9,11,14,19H,6-8,10H2,1-3H3. The van der Waals surface area contributed by atoms with Crippen molar-refractivity contribution in [2.75, 3.05) is 13.2 Å². The predicted octanol–water partition coefficient (Wildman–Crippen LogP) is 2.78. The summed E-state index contributed by atoms with van der Waals surface area (Å²) in [6.45, 7) is 6.53. The summed E-state index contributed by atoms with van der Waals surface area (Å²) in [7, 11) is 0. The van der Waals surface area contributed by atoms with Crippen LogP contribution in [0.4, 0.5) is 0 Å². The maximum atomic E-state index is 12.1. The molecule has 1 aromatic rings. The Hall–Kier alpha value is -0.980. The number of hydrogen-bond acceptors (Lipinski definition) is 5. The molecule has 126 valence electrons. The topological polar surface area (TPSA) is 60.5 Å². The van der Waals surface area contributed by atoms with Gasteiger partial charge in [-0.15, -0.1) is 0 Å². The molecule has 6 heteroatoms. The van der Waals surface area contributed by atoms with E-state index in [1.807, 2.05) is 32.9 Å². The molecular weight excluding hydrogens is 360 g/mol. The van der Waals surface area contributed by atoms with Gasteiger partial charge >= 0.3 is 5.97 Å². The number of hydrogen-bond donors (Lipinski definition) is 1. The molecule has 1 N–H and O–H groups in total. The minimum Gasteiger partial charge on any atom is -0.458 e. The number of fused-ring (bicyclic) bond motifs is 2. The Morgan fingerprint density at radius 1 is 1.48 bits per heavy atom. The number of carbonyl (C=O) groups is 1. The smallest absolute Gasteiger partial charge is 0.332 e. The van der Waals surface area contributed by atoms with Gasteiger partial charge in [0.25, 0.3) is 0 Å². The van der Waals surface area contributed by atoms with Crippen LogP contribution < -0.4 is 5.32 Å². The number of rotatable bonds is 4. The van der Waals surface area contributed by atoms with Crippen LogP contribution in [0.2, 0.25) is 0 Å². The van der Waals surface area contributed by atoms with Crippen molar-refractivity contribution >= 4 is 21.9 Å². The zero-order valence-corrected chi connectivity index (χ0v) is 15.4. The summed E-state index contributed by atoms with van der Waals surface area (Å²) in [5.41, 5.74) is -0.166. The summed E-state index contributed by atoms with van der Waals surface area (Å²) in [5.74, 6) is 0.237. The predicted molar refractivity (Wildman–Crippen MR) is 89.9 cm³/mol. The van der Waals surface area contributed by atoms with Gasteiger partial charge in [-0.25, -0.2) is 4.79 Å². The third-order valence-electron chi connectivity index (χ3n) is 4.41. The molecule has 5 nitrogen and oxygen atoms in total. The molecule has 1 saturated carbocycles. The third kappa shape index (κ3) is 3.59. The van der Waals surface area contributed by atoms with Gasteiger partial charge in [0.05, 0.1) is 5.69 Å². The molecule has 3 unspecified atom stereocenters. The summed E-state index contributed by atoms with van der Waals surface area (Å²) < 4.78 is 12.4. The molecule has 3 rings (SSSR count). The second kappa shape index (κ2) is 6.15. The lowest BCUT2D eigenvalue weighted by atomic mass is 9.89. The van der Waals surface area contributed by atoms with E-state index in [0.29, 0.717) is 5.92 Å². The number of piperidine rings is 1. The van der Waals surface area contributed by atoms with E-state index in [1.165, 1.54) is 0 Å². The van der Waals surface area contributed by atoms with E-state index in [0.717, 1.165) is 29.6 Å². The van der Waals surface area contributed by atoms with Gasteiger partial charge in [0.2, 0.25) is 0 Å². The van der Waals surface area contributed by atoms with E-state index in [2.05, 4.69) is 26.2 Å². The van der Waals surface area contributed by atoms with E-state index in [9.17, 15) is 4.79 Å². The first-order chi connectivity index (χ1) is 10.8. The third-order valence-corrected chi connectivity index (χ3v) is 4.87. The Morgan fingerprint density at radius 3 is 2.78 bits per heavy atom. The molecule has 0 aromatic carbocycles. The number of aromatic nitrogens is 1. The number of ether oxygens (including phenoxy) is 2. The Labute approximate surface area is 145 Å². The van der Waals surface area contributed by atoms with Crippen molar-refractivity contribution in [3.8, 4) is 0 Å². The van der Waals surface area contributed by atoms with E-state index < -0.39 is 11.2 Å². The molecule has 1 aliphatic heterocycles. The highest BCUT2D eigenvalue weighted by Gasteiger charge is 2.54. The Morgan fingerprint density at radius 2 is 2.26 bits per heavy atom. The van der Waals surface area contributed by atoms with Crippen LogP contribution in [-0.4, -0.2) is 35.7 Å². The summed E-state index contributed by atoms with van der Waals surface area (Å²) in [6, 6.07) is 4.14. The molecule has 1 aliphatic carbocycles. The maximum Gasteiger partial charge on any atom is 0.332 e. The summed E-state index contributed by atoms with van der Waals surface area (Å²) >= 11 is 3.41. The van der Waals surface area contributed by atoms with Crippen LogP contribution in [0, 0.1) is 5.92 Å². The Kier molecular flexibility index (Phi) is 4.51. The molecular formula is C17H23BrN2O3. The number of nitrogens with one attached hydrogen (secondary N) is 1. The van der Waals surface area contributed by atoms with Gasteiger partial charge in [-0.3, -0.25) is 4.98 Å². The molecule has 2 bridgehead atoms. The molecule has 2 fully saturated rings. The molecule has 3 atom stereocenters. The average molecular weight is 383 g/mol. The van der Waals surface area contributed by atoms with Crippen LogP contribution in [-0.2, 0) is 19.9 Å². The highest BCUT2D eigenvalue weighted by molar-refractivity contribution is 9.10. The minimum atomic E-state index is -0.541. The summed E-state index contributed by atoms with van der Waals surface area (Å²) in [6.07, 6.45) is 3.73. The highest BCUT2D eigenvalue weighted by Crippen LogP contribution is 2.48. The van der Waals surface area contributed by atoms with Gasteiger partial charge in [0.1, 0.15) is 17.8 Å². The lowest BCUT2D eigenvalue weighted by molar-refractivity contribution is -0.170. The lowest BCUT2D eigenvalue weighted by Crippen LogP contribution is -2.49. The van der Waals surface area contributed by atoms with E-state index in [4.69, 9.17) is 9.47 Å². The number of halogens is 1. The van der Waals surface area contributed by atoms with Gasteiger partial charge in [-0.1, -0.05) is 0 Å². The van der Waals surface area contributed by atoms with Gasteiger partial charge in [-0.2, -0.15) is 0 Å². The van der Waals surface area contributed by atoms with Crippen LogP contribution >= 0.6 is 15.9 Å². The fraction of sp³-hybridized carbons (Fsp3) is 0.647. The summed E-state index contributed by atoms with van der Waals surface area (Å²) in [4.78, 5) is 16.6. The molecule has 23 heavy (non-hydrogen) atoms. The quantitative estimate of drug-likeness (QED) is 0.811. The van der Waals surface area contributed by atoms with E-state index in [-0.39, 0.29) is 18.6 Å². The normalized spacial score (nSPS) is 29.7. The fourth-order valence-electron chi connectivity index (χ4n) is 3.59. The van der Waals surface area contributed by atoms with Gasteiger partial charge in [-0.05, 0) is 74.1 Å². The number of carbonyl (C=O) groups excluding carboxylic acids is 1. The molecule has 1 saturated heterocycles. The van der Waals surface area contributed by atoms with Crippen LogP contribution in [0.15, 0.2) is 22.8 Å². The van der Waals surface area contributed by atoms with E-state index in [1.54, 1.807) is 6.20 Å². The van der Waals surface area contributed by atoms with Crippen molar-refractivity contribution in [2.24, 2.45) is 5.92 Å². The lowest BCUT2D eigenvalue weighted by Gasteiger charge is -2.37. The minimum absolute atomic E-state index is 0.0556. The maximum absolute atomic E-state index is 12.1. The zero-order chi connectivity index (χ0) is 16.7. The van der Waals surface area contributed by atoms with Crippen LogP contribution in [0.5, 0.6) is 0 Å². The first-order valence-corrected chi connectivity index (χ1v) is 8.79. The number of pyridine rings is 1. The molecule has 2 heterocycles. The van der Waals surface area contributed by atoms with E-state index >= 15 is 0 Å². The number of esters is 1. The van der Waals surface area contributed by atoms with Crippen LogP contribution in [0.3, 0.4) is 0 Å². The van der Waals surface area contributed by atoms with Crippen LogP contribution in [0.25, 0.3) is 0 Å². The van der Waals surface area contributed by atoms with Gasteiger partial charge in [0.15, 0.2) is 0 Å². The molecule has 2 aliphatic rings. The van der Waals surface area contributed by atoms with Crippen molar-refractivity contribution < 1.29 is 14.3 Å². The Bertz CT molecular complexity index is 584.